The Kier molecular flexibility index (Phi) is 5.61. The number of aliphatic hydroxyl groups excluding tert-OH is 1. The molecule has 146 valence electrons. The number of aromatic nitrogens is 2. The van der Waals surface area contributed by atoms with Crippen LogP contribution >= 0.6 is 11.6 Å². The summed E-state index contributed by atoms with van der Waals surface area (Å²) in [6.45, 7) is 7.54. The van der Waals surface area contributed by atoms with Crippen LogP contribution in [0.2, 0.25) is 5.02 Å². The summed E-state index contributed by atoms with van der Waals surface area (Å²) in [4.78, 5) is 5.17. The van der Waals surface area contributed by atoms with Gasteiger partial charge in [0, 0.05) is 31.7 Å². The molecule has 0 bridgehead atoms. The zero-order valence-electron chi connectivity index (χ0n) is 16.0. The number of piperidine rings is 2. The minimum atomic E-state index is 0.299. The predicted molar refractivity (Wildman–Crippen MR) is 104 cm³/mol. The van der Waals surface area contributed by atoms with E-state index in [-0.39, 0.29) is 0 Å². The number of rotatable bonds is 4. The Hall–Kier alpha value is -0.620. The molecule has 6 heteroatoms. The Morgan fingerprint density at radius 2 is 1.88 bits per heavy atom. The van der Waals surface area contributed by atoms with Crippen LogP contribution < -0.4 is 0 Å². The summed E-state index contributed by atoms with van der Waals surface area (Å²) in [7, 11) is 0. The molecular formula is C20H33ClN4O. The Labute approximate surface area is 162 Å². The third kappa shape index (κ3) is 3.56. The SMILES string of the molecule is Cc1[nH]nc(CN2CCC3(CCN(C4CCCC4)CC3)C(CO)C2)c1Cl. The van der Waals surface area contributed by atoms with Gasteiger partial charge in [-0.1, -0.05) is 24.4 Å². The summed E-state index contributed by atoms with van der Waals surface area (Å²) >= 11 is 6.34. The second kappa shape index (κ2) is 7.78. The van der Waals surface area contributed by atoms with Crippen LogP contribution in [0, 0.1) is 18.3 Å². The summed E-state index contributed by atoms with van der Waals surface area (Å²) in [5, 5.41) is 18.2. The Bertz CT molecular complexity index is 605. The quantitative estimate of drug-likeness (QED) is 0.842. The zero-order valence-corrected chi connectivity index (χ0v) is 16.8. The third-order valence-electron chi connectivity index (χ3n) is 7.44. The van der Waals surface area contributed by atoms with Crippen LogP contribution in [0.1, 0.15) is 56.3 Å². The van der Waals surface area contributed by atoms with Gasteiger partial charge in [0.2, 0.25) is 0 Å². The highest BCUT2D eigenvalue weighted by atomic mass is 35.5. The van der Waals surface area contributed by atoms with E-state index in [9.17, 15) is 5.11 Å². The first-order chi connectivity index (χ1) is 12.6. The number of aryl methyl sites for hydroxylation is 1. The van der Waals surface area contributed by atoms with Gasteiger partial charge in [0.1, 0.15) is 0 Å². The molecule has 1 spiro atoms. The van der Waals surface area contributed by atoms with Crippen LogP contribution in [0.4, 0.5) is 0 Å². The van der Waals surface area contributed by atoms with Crippen LogP contribution in [0.25, 0.3) is 0 Å². The number of hydrogen-bond acceptors (Lipinski definition) is 4. The van der Waals surface area contributed by atoms with Gasteiger partial charge in [-0.2, -0.15) is 5.10 Å². The van der Waals surface area contributed by atoms with Gasteiger partial charge in [-0.3, -0.25) is 10.00 Å². The lowest BCUT2D eigenvalue weighted by Crippen LogP contribution is -2.54. The van der Waals surface area contributed by atoms with Gasteiger partial charge < -0.3 is 10.0 Å². The van der Waals surface area contributed by atoms with Gasteiger partial charge in [0.25, 0.3) is 0 Å². The number of likely N-dealkylation sites (tertiary alicyclic amines) is 2. The number of nitrogens with zero attached hydrogens (tertiary/aromatic N) is 3. The molecule has 1 aliphatic carbocycles. The van der Waals surface area contributed by atoms with Crippen LogP contribution in [0.3, 0.4) is 0 Å². The number of aromatic amines is 1. The van der Waals surface area contributed by atoms with Crippen LogP contribution in [0.15, 0.2) is 0 Å². The maximum atomic E-state index is 10.1. The molecule has 3 aliphatic rings. The molecule has 3 fully saturated rings. The molecule has 2 N–H and O–H groups in total. The van der Waals surface area contributed by atoms with E-state index in [0.717, 1.165) is 42.1 Å². The maximum Gasteiger partial charge on any atom is 0.0951 e. The molecule has 2 saturated heterocycles. The van der Waals surface area contributed by atoms with Crippen LogP contribution in [-0.4, -0.2) is 63.9 Å². The first-order valence-corrected chi connectivity index (χ1v) is 10.8. The average Bonchev–Trinajstić information content (AvgIpc) is 3.30. The van der Waals surface area contributed by atoms with E-state index < -0.39 is 0 Å². The van der Waals surface area contributed by atoms with Gasteiger partial charge in [-0.05, 0) is 64.1 Å². The smallest absolute Gasteiger partial charge is 0.0951 e. The fraction of sp³-hybridized carbons (Fsp3) is 0.850. The first kappa shape index (κ1) is 18.7. The first-order valence-electron chi connectivity index (χ1n) is 10.4. The van der Waals surface area contributed by atoms with Crippen molar-refractivity contribution in [3.8, 4) is 0 Å². The Balaban J connectivity index is 1.36. The number of hydrogen-bond donors (Lipinski definition) is 2. The monoisotopic (exact) mass is 380 g/mol. The molecule has 1 unspecified atom stereocenters. The second-order valence-corrected chi connectivity index (χ2v) is 9.19. The van der Waals surface area contributed by atoms with Gasteiger partial charge in [-0.15, -0.1) is 0 Å². The topological polar surface area (TPSA) is 55.4 Å². The Morgan fingerprint density at radius 1 is 1.19 bits per heavy atom. The van der Waals surface area contributed by atoms with Crippen molar-refractivity contribution in [2.45, 2.75) is 64.5 Å². The average molecular weight is 381 g/mol. The number of nitrogens with one attached hydrogen (secondary N) is 1. The standard InChI is InChI=1S/C20H33ClN4O/c1-15-19(21)18(23-22-15)13-24-9-6-20(16(12-24)14-26)7-10-25(11-8-20)17-4-2-3-5-17/h16-17,26H,2-14H2,1H3,(H,22,23). The summed E-state index contributed by atoms with van der Waals surface area (Å²) in [6, 6.07) is 0.838. The van der Waals surface area contributed by atoms with Crippen molar-refractivity contribution in [2.75, 3.05) is 32.8 Å². The molecule has 5 nitrogen and oxygen atoms in total. The number of H-pyrrole nitrogens is 1. The molecule has 1 atom stereocenters. The lowest BCUT2D eigenvalue weighted by molar-refractivity contribution is -0.0501. The maximum absolute atomic E-state index is 10.1. The van der Waals surface area contributed by atoms with Crippen LogP contribution in [0.5, 0.6) is 0 Å². The van der Waals surface area contributed by atoms with E-state index >= 15 is 0 Å². The largest absolute Gasteiger partial charge is 0.396 e. The highest BCUT2D eigenvalue weighted by Gasteiger charge is 2.45. The van der Waals surface area contributed by atoms with E-state index in [1.807, 2.05) is 6.92 Å². The van der Waals surface area contributed by atoms with Gasteiger partial charge in [-0.25, -0.2) is 0 Å². The number of aliphatic hydroxyl groups is 1. The molecule has 1 saturated carbocycles. The van der Waals surface area contributed by atoms with Gasteiger partial charge in [0.15, 0.2) is 0 Å². The normalized spacial score (nSPS) is 28.2. The van der Waals surface area contributed by atoms with E-state index in [0.29, 0.717) is 17.9 Å². The van der Waals surface area contributed by atoms with Crippen molar-refractivity contribution in [3.63, 3.8) is 0 Å². The highest BCUT2D eigenvalue weighted by molar-refractivity contribution is 6.31. The van der Waals surface area contributed by atoms with Crippen molar-refractivity contribution in [1.29, 1.82) is 0 Å². The molecule has 0 aromatic carbocycles. The summed E-state index contributed by atoms with van der Waals surface area (Å²) < 4.78 is 0. The lowest BCUT2D eigenvalue weighted by atomic mass is 9.64. The van der Waals surface area contributed by atoms with E-state index in [1.54, 1.807) is 0 Å². The molecule has 4 rings (SSSR count). The molecule has 1 aromatic rings. The fourth-order valence-electron chi connectivity index (χ4n) is 5.62. The molecule has 0 amide bonds. The molecule has 3 heterocycles. The predicted octanol–water partition coefficient (Wildman–Crippen LogP) is 3.21. The third-order valence-corrected chi connectivity index (χ3v) is 7.94. The van der Waals surface area contributed by atoms with Crippen molar-refractivity contribution in [2.24, 2.45) is 11.3 Å². The van der Waals surface area contributed by atoms with Crippen molar-refractivity contribution < 1.29 is 5.11 Å². The number of halogens is 1. The summed E-state index contributed by atoms with van der Waals surface area (Å²) in [5.74, 6) is 0.376. The van der Waals surface area contributed by atoms with E-state index in [2.05, 4.69) is 20.0 Å². The molecule has 26 heavy (non-hydrogen) atoms. The fourth-order valence-corrected chi connectivity index (χ4v) is 5.77. The van der Waals surface area contributed by atoms with Crippen molar-refractivity contribution in [1.82, 2.24) is 20.0 Å². The highest BCUT2D eigenvalue weighted by Crippen LogP contribution is 2.46. The lowest BCUT2D eigenvalue weighted by Gasteiger charge is -2.52. The van der Waals surface area contributed by atoms with Gasteiger partial charge in [0.05, 0.1) is 16.4 Å². The minimum Gasteiger partial charge on any atom is -0.396 e. The molecule has 1 aromatic heterocycles. The molecule has 2 aliphatic heterocycles. The minimum absolute atomic E-state index is 0.299. The molecular weight excluding hydrogens is 348 g/mol. The Morgan fingerprint density at radius 3 is 2.50 bits per heavy atom. The summed E-state index contributed by atoms with van der Waals surface area (Å²) in [6.07, 6.45) is 9.32. The van der Waals surface area contributed by atoms with E-state index in [1.165, 1.54) is 58.0 Å². The van der Waals surface area contributed by atoms with Crippen molar-refractivity contribution in [3.05, 3.63) is 16.4 Å². The second-order valence-electron chi connectivity index (χ2n) is 8.81. The van der Waals surface area contributed by atoms with E-state index in [4.69, 9.17) is 11.6 Å². The molecule has 0 radical (unpaired) electrons. The van der Waals surface area contributed by atoms with Crippen LogP contribution in [-0.2, 0) is 6.54 Å². The van der Waals surface area contributed by atoms with Crippen molar-refractivity contribution >= 4 is 11.6 Å². The zero-order chi connectivity index (χ0) is 18.1. The summed E-state index contributed by atoms with van der Waals surface area (Å²) in [5.41, 5.74) is 2.21. The van der Waals surface area contributed by atoms with Gasteiger partial charge >= 0.3 is 0 Å².